The number of hydrogen-bond acceptors (Lipinski definition) is 3. The highest BCUT2D eigenvalue weighted by molar-refractivity contribution is 9.10. The van der Waals surface area contributed by atoms with Crippen molar-refractivity contribution in [2.45, 2.75) is 6.42 Å². The predicted octanol–water partition coefficient (Wildman–Crippen LogP) is 5.13. The Balaban J connectivity index is 1.38. The number of anilines is 2. The van der Waals surface area contributed by atoms with E-state index in [9.17, 15) is 9.18 Å². The number of rotatable bonds is 2. The second-order valence-electron chi connectivity index (χ2n) is 7.60. The molecule has 6 nitrogen and oxygen atoms in total. The molecule has 0 atom stereocenters. The highest BCUT2D eigenvalue weighted by Crippen LogP contribution is 2.28. The van der Waals surface area contributed by atoms with Crippen LogP contribution in [0.2, 0.25) is 0 Å². The summed E-state index contributed by atoms with van der Waals surface area (Å²) in [6.45, 7) is 2.67. The van der Waals surface area contributed by atoms with E-state index < -0.39 is 0 Å². The second kappa shape index (κ2) is 8.19. The molecular formula is C23H21BrFN5O. The zero-order chi connectivity index (χ0) is 21.4. The molecule has 1 fully saturated rings. The predicted molar refractivity (Wildman–Crippen MR) is 124 cm³/mol. The van der Waals surface area contributed by atoms with Gasteiger partial charge in [0.25, 0.3) is 0 Å². The number of nitrogens with zero attached hydrogens (tertiary/aromatic N) is 4. The van der Waals surface area contributed by atoms with Crippen LogP contribution in [0.5, 0.6) is 0 Å². The SMILES string of the molecule is O=C(Nc1cccc(F)c1)N1CCCN(c2nc3cc(Br)ccc3n3cccc23)CC1. The van der Waals surface area contributed by atoms with Gasteiger partial charge in [-0.25, -0.2) is 14.2 Å². The summed E-state index contributed by atoms with van der Waals surface area (Å²) in [6, 6.07) is 15.9. The molecule has 2 amide bonds. The maximum atomic E-state index is 13.4. The Hall–Kier alpha value is -3.13. The highest BCUT2D eigenvalue weighted by atomic mass is 79.9. The number of fused-ring (bicyclic) bond motifs is 3. The summed E-state index contributed by atoms with van der Waals surface area (Å²) < 4.78 is 16.6. The van der Waals surface area contributed by atoms with Gasteiger partial charge < -0.3 is 19.5 Å². The highest BCUT2D eigenvalue weighted by Gasteiger charge is 2.22. The van der Waals surface area contributed by atoms with Crippen molar-refractivity contribution < 1.29 is 9.18 Å². The number of benzene rings is 2. The van der Waals surface area contributed by atoms with Crippen molar-refractivity contribution in [3.8, 4) is 0 Å². The number of halogens is 2. The van der Waals surface area contributed by atoms with E-state index in [2.05, 4.69) is 42.7 Å². The maximum Gasteiger partial charge on any atom is 0.321 e. The summed E-state index contributed by atoms with van der Waals surface area (Å²) in [4.78, 5) is 21.7. The molecule has 5 rings (SSSR count). The molecule has 0 bridgehead atoms. The zero-order valence-electron chi connectivity index (χ0n) is 16.8. The van der Waals surface area contributed by atoms with Crippen molar-refractivity contribution in [1.29, 1.82) is 0 Å². The first kappa shape index (κ1) is 19.8. The summed E-state index contributed by atoms with van der Waals surface area (Å²) >= 11 is 3.54. The molecule has 8 heteroatoms. The minimum Gasteiger partial charge on any atom is -0.353 e. The molecule has 4 aromatic rings. The van der Waals surface area contributed by atoms with E-state index in [0.717, 1.165) is 39.8 Å². The Labute approximate surface area is 187 Å². The summed E-state index contributed by atoms with van der Waals surface area (Å²) in [5.74, 6) is 0.549. The third-order valence-electron chi connectivity index (χ3n) is 5.56. The summed E-state index contributed by atoms with van der Waals surface area (Å²) in [5, 5.41) is 2.79. The molecule has 3 heterocycles. The van der Waals surface area contributed by atoms with Gasteiger partial charge in [0.1, 0.15) is 5.82 Å². The number of amides is 2. The zero-order valence-corrected chi connectivity index (χ0v) is 18.3. The van der Waals surface area contributed by atoms with E-state index in [0.29, 0.717) is 25.3 Å². The third kappa shape index (κ3) is 3.95. The van der Waals surface area contributed by atoms with E-state index in [1.165, 1.54) is 12.1 Å². The van der Waals surface area contributed by atoms with E-state index >= 15 is 0 Å². The van der Waals surface area contributed by atoms with E-state index in [-0.39, 0.29) is 11.8 Å². The van der Waals surface area contributed by atoms with E-state index in [1.807, 2.05) is 24.4 Å². The monoisotopic (exact) mass is 481 g/mol. The van der Waals surface area contributed by atoms with Gasteiger partial charge in [-0.3, -0.25) is 0 Å². The molecular weight excluding hydrogens is 461 g/mol. The van der Waals surface area contributed by atoms with Gasteiger partial charge in [0, 0.05) is 42.5 Å². The summed E-state index contributed by atoms with van der Waals surface area (Å²) in [5.41, 5.74) is 3.48. The molecule has 0 spiro atoms. The van der Waals surface area contributed by atoms with Gasteiger partial charge in [0.05, 0.1) is 16.6 Å². The van der Waals surface area contributed by atoms with Crippen LogP contribution in [-0.2, 0) is 0 Å². The standard InChI is InChI=1S/C23H21BrFN5O/c24-16-7-8-20-19(14-16)27-22(21-6-2-11-30(20)21)28-9-3-10-29(13-12-28)23(31)26-18-5-1-4-17(25)15-18/h1-2,4-8,11,14-15H,3,9-10,12-13H2,(H,26,31). The van der Waals surface area contributed by atoms with Crippen LogP contribution in [0.15, 0.2) is 65.3 Å². The molecule has 2 aromatic heterocycles. The first-order chi connectivity index (χ1) is 15.1. The van der Waals surface area contributed by atoms with Crippen molar-refractivity contribution in [3.05, 3.63) is 71.1 Å². The van der Waals surface area contributed by atoms with Crippen LogP contribution in [0.3, 0.4) is 0 Å². The van der Waals surface area contributed by atoms with Crippen molar-refractivity contribution in [3.63, 3.8) is 0 Å². The molecule has 1 aliphatic rings. The molecule has 1 saturated heterocycles. The van der Waals surface area contributed by atoms with Gasteiger partial charge in [-0.15, -0.1) is 0 Å². The van der Waals surface area contributed by atoms with Crippen LogP contribution in [0.1, 0.15) is 6.42 Å². The molecule has 2 aromatic carbocycles. The van der Waals surface area contributed by atoms with Gasteiger partial charge in [-0.05, 0) is 55.0 Å². The van der Waals surface area contributed by atoms with Crippen LogP contribution in [0.25, 0.3) is 16.6 Å². The molecule has 0 unspecified atom stereocenters. The first-order valence-electron chi connectivity index (χ1n) is 10.2. The van der Waals surface area contributed by atoms with Crippen LogP contribution in [0, 0.1) is 5.82 Å². The van der Waals surface area contributed by atoms with Gasteiger partial charge in [0.15, 0.2) is 5.82 Å². The lowest BCUT2D eigenvalue weighted by Crippen LogP contribution is -2.38. The number of carbonyl (C=O) groups is 1. The van der Waals surface area contributed by atoms with Crippen molar-refractivity contribution >= 4 is 50.0 Å². The molecule has 31 heavy (non-hydrogen) atoms. The minimum atomic E-state index is -0.370. The molecule has 0 saturated carbocycles. The average molecular weight is 482 g/mol. The van der Waals surface area contributed by atoms with Gasteiger partial charge in [-0.1, -0.05) is 22.0 Å². The number of urea groups is 1. The van der Waals surface area contributed by atoms with Gasteiger partial charge >= 0.3 is 6.03 Å². The van der Waals surface area contributed by atoms with Gasteiger partial charge in [0.2, 0.25) is 0 Å². The minimum absolute atomic E-state index is 0.212. The van der Waals surface area contributed by atoms with Crippen LogP contribution in [0.4, 0.5) is 20.7 Å². The largest absolute Gasteiger partial charge is 0.353 e. The average Bonchev–Trinajstić information content (AvgIpc) is 3.11. The lowest BCUT2D eigenvalue weighted by Gasteiger charge is -2.24. The fourth-order valence-corrected chi connectivity index (χ4v) is 4.42. The summed E-state index contributed by atoms with van der Waals surface area (Å²) in [7, 11) is 0. The number of hydrogen-bond donors (Lipinski definition) is 1. The lowest BCUT2D eigenvalue weighted by molar-refractivity contribution is 0.215. The fourth-order valence-electron chi connectivity index (χ4n) is 4.07. The van der Waals surface area contributed by atoms with Gasteiger partial charge in [-0.2, -0.15) is 0 Å². The van der Waals surface area contributed by atoms with Crippen molar-refractivity contribution in [1.82, 2.24) is 14.3 Å². The molecule has 1 N–H and O–H groups in total. The summed E-state index contributed by atoms with van der Waals surface area (Å²) in [6.07, 6.45) is 2.87. The Bertz CT molecular complexity index is 1270. The first-order valence-corrected chi connectivity index (χ1v) is 11.0. The number of nitrogens with one attached hydrogen (secondary N) is 1. The maximum absolute atomic E-state index is 13.4. The number of carbonyl (C=O) groups excluding carboxylic acids is 1. The van der Waals surface area contributed by atoms with Crippen molar-refractivity contribution in [2.24, 2.45) is 0 Å². The van der Waals surface area contributed by atoms with Crippen LogP contribution < -0.4 is 10.2 Å². The quantitative estimate of drug-likeness (QED) is 0.431. The van der Waals surface area contributed by atoms with Crippen LogP contribution >= 0.6 is 15.9 Å². The second-order valence-corrected chi connectivity index (χ2v) is 8.52. The molecule has 0 aliphatic carbocycles. The Kier molecular flexibility index (Phi) is 5.23. The lowest BCUT2D eigenvalue weighted by atomic mass is 10.3. The Morgan fingerprint density at radius 1 is 1.00 bits per heavy atom. The fraction of sp³-hybridized carbons (Fsp3) is 0.217. The van der Waals surface area contributed by atoms with Crippen molar-refractivity contribution in [2.75, 3.05) is 36.4 Å². The third-order valence-corrected chi connectivity index (χ3v) is 6.05. The molecule has 158 valence electrons. The smallest absolute Gasteiger partial charge is 0.321 e. The molecule has 0 radical (unpaired) electrons. The Morgan fingerprint density at radius 2 is 1.90 bits per heavy atom. The van der Waals surface area contributed by atoms with E-state index in [4.69, 9.17) is 4.98 Å². The van der Waals surface area contributed by atoms with E-state index in [1.54, 1.807) is 17.0 Å². The Morgan fingerprint density at radius 3 is 2.77 bits per heavy atom. The number of aromatic nitrogens is 2. The van der Waals surface area contributed by atoms with Crippen LogP contribution in [-0.4, -0.2) is 46.5 Å². The normalized spacial score (nSPS) is 14.8. The molecule has 1 aliphatic heterocycles. The topological polar surface area (TPSA) is 52.9 Å².